The predicted octanol–water partition coefficient (Wildman–Crippen LogP) is 2.95. The minimum Gasteiger partial charge on any atom is -0.463 e. The standard InChI is InChI=1S/C17H19FN2O3S/c1-11(2)23-16(22)6-7-19-15(21)9-14-10-24-17(20-14)12-4-3-5-13(18)8-12/h3-5,8,10-11H,6-7,9H2,1-2H3,(H,19,21). The van der Waals surface area contributed by atoms with Crippen LogP contribution >= 0.6 is 11.3 Å². The summed E-state index contributed by atoms with van der Waals surface area (Å²) < 4.78 is 18.2. The highest BCUT2D eigenvalue weighted by atomic mass is 32.1. The van der Waals surface area contributed by atoms with E-state index in [1.807, 2.05) is 0 Å². The quantitative estimate of drug-likeness (QED) is 0.780. The Labute approximate surface area is 143 Å². The van der Waals surface area contributed by atoms with Crippen LogP contribution in [0.25, 0.3) is 10.6 Å². The van der Waals surface area contributed by atoms with E-state index in [1.165, 1.54) is 23.5 Å². The summed E-state index contributed by atoms with van der Waals surface area (Å²) in [5.41, 5.74) is 1.30. The predicted molar refractivity (Wildman–Crippen MR) is 90.1 cm³/mol. The molecule has 128 valence electrons. The molecule has 0 radical (unpaired) electrons. The fourth-order valence-electron chi connectivity index (χ4n) is 2.00. The summed E-state index contributed by atoms with van der Waals surface area (Å²) in [5, 5.41) is 5.09. The normalized spacial score (nSPS) is 10.7. The minimum absolute atomic E-state index is 0.116. The maximum Gasteiger partial charge on any atom is 0.307 e. The molecule has 1 N–H and O–H groups in total. The Hall–Kier alpha value is -2.28. The van der Waals surface area contributed by atoms with Crippen molar-refractivity contribution in [1.29, 1.82) is 0 Å². The van der Waals surface area contributed by atoms with Crippen LogP contribution in [0, 0.1) is 5.82 Å². The Bertz CT molecular complexity index is 715. The van der Waals surface area contributed by atoms with Gasteiger partial charge in [0.15, 0.2) is 0 Å². The Morgan fingerprint density at radius 3 is 2.88 bits per heavy atom. The molecule has 7 heteroatoms. The van der Waals surface area contributed by atoms with Gasteiger partial charge in [0.05, 0.1) is 24.6 Å². The topological polar surface area (TPSA) is 68.3 Å². The second-order valence-corrected chi connectivity index (χ2v) is 6.33. The van der Waals surface area contributed by atoms with Crippen LogP contribution in [-0.4, -0.2) is 29.5 Å². The van der Waals surface area contributed by atoms with Crippen molar-refractivity contribution in [2.45, 2.75) is 32.8 Å². The van der Waals surface area contributed by atoms with Crippen molar-refractivity contribution < 1.29 is 18.7 Å². The van der Waals surface area contributed by atoms with E-state index in [-0.39, 0.29) is 43.2 Å². The third-order valence-electron chi connectivity index (χ3n) is 2.98. The number of esters is 1. The molecule has 24 heavy (non-hydrogen) atoms. The number of amides is 1. The third kappa shape index (κ3) is 5.73. The van der Waals surface area contributed by atoms with Gasteiger partial charge in [-0.2, -0.15) is 0 Å². The summed E-state index contributed by atoms with van der Waals surface area (Å²) in [5.74, 6) is -0.883. The van der Waals surface area contributed by atoms with Crippen molar-refractivity contribution in [3.8, 4) is 10.6 Å². The van der Waals surface area contributed by atoms with Crippen molar-refractivity contribution in [3.05, 3.63) is 41.2 Å². The van der Waals surface area contributed by atoms with E-state index < -0.39 is 0 Å². The van der Waals surface area contributed by atoms with Crippen LogP contribution in [0.5, 0.6) is 0 Å². The van der Waals surface area contributed by atoms with E-state index in [2.05, 4.69) is 10.3 Å². The zero-order valence-electron chi connectivity index (χ0n) is 13.5. The maximum absolute atomic E-state index is 13.2. The number of ether oxygens (including phenoxy) is 1. The molecule has 1 aromatic carbocycles. The molecule has 1 amide bonds. The molecule has 0 spiro atoms. The maximum atomic E-state index is 13.2. The van der Waals surface area contributed by atoms with E-state index in [0.717, 1.165) is 0 Å². The number of thiazole rings is 1. The van der Waals surface area contributed by atoms with Gasteiger partial charge in [0.25, 0.3) is 0 Å². The van der Waals surface area contributed by atoms with E-state index in [9.17, 15) is 14.0 Å². The van der Waals surface area contributed by atoms with Gasteiger partial charge < -0.3 is 10.1 Å². The first-order valence-corrected chi connectivity index (χ1v) is 8.48. The number of hydrogen-bond donors (Lipinski definition) is 1. The van der Waals surface area contributed by atoms with Gasteiger partial charge in [0.2, 0.25) is 5.91 Å². The lowest BCUT2D eigenvalue weighted by atomic mass is 10.2. The first-order valence-electron chi connectivity index (χ1n) is 7.60. The Morgan fingerprint density at radius 1 is 1.38 bits per heavy atom. The SMILES string of the molecule is CC(C)OC(=O)CCNC(=O)Cc1csc(-c2cccc(F)c2)n1. The zero-order chi connectivity index (χ0) is 17.5. The van der Waals surface area contributed by atoms with Gasteiger partial charge in [-0.25, -0.2) is 9.37 Å². The summed E-state index contributed by atoms with van der Waals surface area (Å²) in [6, 6.07) is 6.17. The van der Waals surface area contributed by atoms with Crippen molar-refractivity contribution in [2.24, 2.45) is 0 Å². The summed E-state index contributed by atoms with van der Waals surface area (Å²) in [7, 11) is 0. The molecule has 0 atom stereocenters. The van der Waals surface area contributed by atoms with Crippen LogP contribution in [0.15, 0.2) is 29.6 Å². The highest BCUT2D eigenvalue weighted by Crippen LogP contribution is 2.24. The number of nitrogens with zero attached hydrogens (tertiary/aromatic N) is 1. The van der Waals surface area contributed by atoms with Crippen LogP contribution < -0.4 is 5.32 Å². The van der Waals surface area contributed by atoms with Gasteiger partial charge in [0.1, 0.15) is 10.8 Å². The molecule has 2 rings (SSSR count). The van der Waals surface area contributed by atoms with Crippen molar-refractivity contribution in [1.82, 2.24) is 10.3 Å². The van der Waals surface area contributed by atoms with Crippen LogP contribution in [-0.2, 0) is 20.7 Å². The number of carbonyl (C=O) groups excluding carboxylic acids is 2. The van der Waals surface area contributed by atoms with Crippen LogP contribution in [0.2, 0.25) is 0 Å². The Morgan fingerprint density at radius 2 is 2.17 bits per heavy atom. The molecular formula is C17H19FN2O3S. The molecule has 0 fully saturated rings. The van der Waals surface area contributed by atoms with Gasteiger partial charge in [-0.15, -0.1) is 11.3 Å². The largest absolute Gasteiger partial charge is 0.463 e. The van der Waals surface area contributed by atoms with Gasteiger partial charge in [-0.1, -0.05) is 12.1 Å². The number of carbonyl (C=O) groups is 2. The molecule has 0 bridgehead atoms. The highest BCUT2D eigenvalue weighted by Gasteiger charge is 2.11. The monoisotopic (exact) mass is 350 g/mol. The van der Waals surface area contributed by atoms with E-state index >= 15 is 0 Å². The molecule has 0 aliphatic rings. The lowest BCUT2D eigenvalue weighted by Crippen LogP contribution is -2.28. The molecule has 2 aromatic rings. The van der Waals surface area contributed by atoms with Gasteiger partial charge in [-0.05, 0) is 26.0 Å². The molecule has 0 saturated carbocycles. The lowest BCUT2D eigenvalue weighted by Gasteiger charge is -2.08. The van der Waals surface area contributed by atoms with E-state index in [0.29, 0.717) is 16.3 Å². The Balaban J connectivity index is 1.82. The number of halogens is 1. The van der Waals surface area contributed by atoms with Gasteiger partial charge in [-0.3, -0.25) is 9.59 Å². The highest BCUT2D eigenvalue weighted by molar-refractivity contribution is 7.13. The van der Waals surface area contributed by atoms with Crippen LogP contribution in [0.1, 0.15) is 26.0 Å². The molecule has 5 nitrogen and oxygen atoms in total. The van der Waals surface area contributed by atoms with Crippen molar-refractivity contribution >= 4 is 23.2 Å². The smallest absolute Gasteiger partial charge is 0.307 e. The van der Waals surface area contributed by atoms with Crippen LogP contribution in [0.3, 0.4) is 0 Å². The first-order chi connectivity index (χ1) is 11.4. The molecular weight excluding hydrogens is 331 g/mol. The van der Waals surface area contributed by atoms with E-state index in [1.54, 1.807) is 31.4 Å². The summed E-state index contributed by atoms with van der Waals surface area (Å²) in [6.07, 6.45) is 0.0880. The van der Waals surface area contributed by atoms with Crippen molar-refractivity contribution in [3.63, 3.8) is 0 Å². The number of benzene rings is 1. The Kier molecular flexibility index (Phi) is 6.43. The summed E-state index contributed by atoms with van der Waals surface area (Å²) in [4.78, 5) is 27.6. The molecule has 0 aliphatic heterocycles. The van der Waals surface area contributed by atoms with Gasteiger partial charge in [0, 0.05) is 17.5 Å². The van der Waals surface area contributed by atoms with Gasteiger partial charge >= 0.3 is 5.97 Å². The fourth-order valence-corrected chi connectivity index (χ4v) is 2.81. The third-order valence-corrected chi connectivity index (χ3v) is 3.92. The zero-order valence-corrected chi connectivity index (χ0v) is 14.4. The van der Waals surface area contributed by atoms with Crippen molar-refractivity contribution in [2.75, 3.05) is 6.54 Å². The molecule has 0 aliphatic carbocycles. The molecule has 0 unspecified atom stereocenters. The number of rotatable bonds is 7. The second-order valence-electron chi connectivity index (χ2n) is 5.47. The van der Waals surface area contributed by atoms with E-state index in [4.69, 9.17) is 4.74 Å². The fraction of sp³-hybridized carbons (Fsp3) is 0.353. The average Bonchev–Trinajstić information content (AvgIpc) is 2.95. The number of nitrogens with one attached hydrogen (secondary N) is 1. The average molecular weight is 350 g/mol. The summed E-state index contributed by atoms with van der Waals surface area (Å²) >= 11 is 1.36. The second kappa shape index (κ2) is 8.54. The number of hydrogen-bond acceptors (Lipinski definition) is 5. The van der Waals surface area contributed by atoms with Crippen LogP contribution in [0.4, 0.5) is 4.39 Å². The molecule has 1 aromatic heterocycles. The number of aromatic nitrogens is 1. The minimum atomic E-state index is -0.340. The molecule has 0 saturated heterocycles. The molecule has 1 heterocycles. The first kappa shape index (κ1) is 18.1. The lowest BCUT2D eigenvalue weighted by molar-refractivity contribution is -0.147. The summed E-state index contributed by atoms with van der Waals surface area (Å²) in [6.45, 7) is 3.77.